The molecule has 1 aliphatic carbocycles. The quantitative estimate of drug-likeness (QED) is 0.900. The fourth-order valence-electron chi connectivity index (χ4n) is 2.50. The minimum atomic E-state index is -3.15. The van der Waals surface area contributed by atoms with E-state index in [2.05, 4.69) is 4.74 Å². The van der Waals surface area contributed by atoms with Crippen molar-refractivity contribution in [3.8, 4) is 11.5 Å². The molecule has 0 heterocycles. The lowest BCUT2D eigenvalue weighted by Gasteiger charge is -2.20. The van der Waals surface area contributed by atoms with Gasteiger partial charge in [0.2, 0.25) is 0 Å². The van der Waals surface area contributed by atoms with E-state index in [1.165, 1.54) is 6.92 Å². The molecule has 2 rings (SSSR count). The Balaban J connectivity index is 2.45. The van der Waals surface area contributed by atoms with Gasteiger partial charge in [0.15, 0.2) is 11.5 Å². The second kappa shape index (κ2) is 6.24. The molecular formula is C14H15F3O4. The first-order valence-electron chi connectivity index (χ1n) is 6.58. The molecule has 0 atom stereocenters. The molecule has 1 aromatic carbocycles. The highest BCUT2D eigenvalue weighted by Crippen LogP contribution is 2.38. The molecule has 0 unspecified atom stereocenters. The Labute approximate surface area is 119 Å². The van der Waals surface area contributed by atoms with Crippen LogP contribution in [0.2, 0.25) is 0 Å². The van der Waals surface area contributed by atoms with Gasteiger partial charge in [0, 0.05) is 11.6 Å². The van der Waals surface area contributed by atoms with Crippen molar-refractivity contribution in [1.29, 1.82) is 0 Å². The first-order chi connectivity index (χ1) is 9.90. The third kappa shape index (κ3) is 3.40. The summed E-state index contributed by atoms with van der Waals surface area (Å²) in [6.07, 6.45) is 3.18. The SMILES string of the molecule is Cc1c(OC2CCCC2)c(OC(F)F)cc(F)c1C(=O)O. The second-order valence-corrected chi connectivity index (χ2v) is 4.89. The number of alkyl halides is 2. The van der Waals surface area contributed by atoms with Crippen LogP contribution in [0.25, 0.3) is 0 Å². The largest absolute Gasteiger partial charge is 0.486 e. The third-order valence-electron chi connectivity index (χ3n) is 3.45. The van der Waals surface area contributed by atoms with Gasteiger partial charge in [-0.25, -0.2) is 9.18 Å². The molecule has 0 aliphatic heterocycles. The Morgan fingerprint density at radius 3 is 2.52 bits per heavy atom. The van der Waals surface area contributed by atoms with Crippen LogP contribution in [0.5, 0.6) is 11.5 Å². The fourth-order valence-corrected chi connectivity index (χ4v) is 2.50. The zero-order chi connectivity index (χ0) is 15.6. The first-order valence-corrected chi connectivity index (χ1v) is 6.58. The van der Waals surface area contributed by atoms with Gasteiger partial charge in [-0.15, -0.1) is 0 Å². The van der Waals surface area contributed by atoms with E-state index >= 15 is 0 Å². The average molecular weight is 304 g/mol. The molecule has 0 amide bonds. The van der Waals surface area contributed by atoms with Crippen molar-refractivity contribution in [2.45, 2.75) is 45.3 Å². The maximum absolute atomic E-state index is 13.7. The number of halogens is 3. The highest BCUT2D eigenvalue weighted by atomic mass is 19.3. The molecule has 4 nitrogen and oxygen atoms in total. The Morgan fingerprint density at radius 2 is 2.00 bits per heavy atom. The van der Waals surface area contributed by atoms with Gasteiger partial charge in [-0.3, -0.25) is 0 Å². The smallest absolute Gasteiger partial charge is 0.387 e. The van der Waals surface area contributed by atoms with Crippen molar-refractivity contribution in [2.24, 2.45) is 0 Å². The third-order valence-corrected chi connectivity index (χ3v) is 3.45. The molecule has 0 bridgehead atoms. The lowest BCUT2D eigenvalue weighted by molar-refractivity contribution is -0.0522. The van der Waals surface area contributed by atoms with E-state index in [1.54, 1.807) is 0 Å². The van der Waals surface area contributed by atoms with E-state index < -0.39 is 29.7 Å². The average Bonchev–Trinajstić information content (AvgIpc) is 2.85. The molecule has 7 heteroatoms. The van der Waals surface area contributed by atoms with Gasteiger partial charge in [0.25, 0.3) is 0 Å². The summed E-state index contributed by atoms with van der Waals surface area (Å²) < 4.78 is 48.4. The monoisotopic (exact) mass is 304 g/mol. The van der Waals surface area contributed by atoms with Crippen molar-refractivity contribution >= 4 is 5.97 Å². The van der Waals surface area contributed by atoms with Crippen LogP contribution in [0.1, 0.15) is 41.6 Å². The summed E-state index contributed by atoms with van der Waals surface area (Å²) in [5.41, 5.74) is -0.644. The molecule has 0 saturated heterocycles. The van der Waals surface area contributed by atoms with Crippen LogP contribution in [0.4, 0.5) is 13.2 Å². The van der Waals surface area contributed by atoms with Crippen molar-refractivity contribution in [1.82, 2.24) is 0 Å². The van der Waals surface area contributed by atoms with E-state index in [-0.39, 0.29) is 17.4 Å². The Kier molecular flexibility index (Phi) is 4.59. The molecule has 1 saturated carbocycles. The van der Waals surface area contributed by atoms with Gasteiger partial charge in [-0.05, 0) is 32.6 Å². The summed E-state index contributed by atoms with van der Waals surface area (Å²) in [6.45, 7) is -1.83. The number of carboxylic acids is 1. The zero-order valence-corrected chi connectivity index (χ0v) is 11.4. The molecule has 1 aliphatic rings. The lowest BCUT2D eigenvalue weighted by atomic mass is 10.1. The topological polar surface area (TPSA) is 55.8 Å². The Bertz CT molecular complexity index is 540. The summed E-state index contributed by atoms with van der Waals surface area (Å²) in [5.74, 6) is -3.21. The van der Waals surface area contributed by atoms with Gasteiger partial charge < -0.3 is 14.6 Å². The summed E-state index contributed by atoms with van der Waals surface area (Å²) in [6, 6.07) is 0.632. The number of ether oxygens (including phenoxy) is 2. The molecule has 1 fully saturated rings. The molecule has 0 aromatic heterocycles. The van der Waals surface area contributed by atoms with Crippen molar-refractivity contribution < 1.29 is 32.5 Å². The van der Waals surface area contributed by atoms with E-state index in [1.807, 2.05) is 0 Å². The molecule has 0 spiro atoms. The van der Waals surface area contributed by atoms with Gasteiger partial charge in [0.05, 0.1) is 6.10 Å². The molecular weight excluding hydrogens is 289 g/mol. The minimum Gasteiger partial charge on any atom is -0.486 e. The maximum Gasteiger partial charge on any atom is 0.387 e. The number of aromatic carboxylic acids is 1. The second-order valence-electron chi connectivity index (χ2n) is 4.89. The molecule has 21 heavy (non-hydrogen) atoms. The van der Waals surface area contributed by atoms with Crippen LogP contribution < -0.4 is 9.47 Å². The van der Waals surface area contributed by atoms with Crippen molar-refractivity contribution in [2.75, 3.05) is 0 Å². The number of rotatable bonds is 5. The van der Waals surface area contributed by atoms with Crippen LogP contribution in [-0.2, 0) is 0 Å². The Hall–Kier alpha value is -1.92. The summed E-state index contributed by atoms with van der Waals surface area (Å²) in [4.78, 5) is 11.1. The van der Waals surface area contributed by atoms with Crippen LogP contribution in [0.15, 0.2) is 6.07 Å². The molecule has 116 valence electrons. The number of hydrogen-bond donors (Lipinski definition) is 1. The van der Waals surface area contributed by atoms with Crippen molar-refractivity contribution in [3.05, 3.63) is 23.0 Å². The van der Waals surface area contributed by atoms with E-state index in [0.717, 1.165) is 25.7 Å². The number of hydrogen-bond acceptors (Lipinski definition) is 3. The first kappa shape index (κ1) is 15.5. The Morgan fingerprint density at radius 1 is 1.38 bits per heavy atom. The summed E-state index contributed by atoms with van der Waals surface area (Å²) >= 11 is 0. The number of carbonyl (C=O) groups is 1. The molecule has 0 radical (unpaired) electrons. The summed E-state index contributed by atoms with van der Waals surface area (Å²) in [5, 5.41) is 9.02. The highest BCUT2D eigenvalue weighted by Gasteiger charge is 2.26. The maximum atomic E-state index is 13.7. The standard InChI is InChI=1S/C14H15F3O4/c1-7-11(13(18)19)9(15)6-10(21-14(16)17)12(7)20-8-4-2-3-5-8/h6,8,14H,2-5H2,1H3,(H,18,19). The van der Waals surface area contributed by atoms with Gasteiger partial charge >= 0.3 is 12.6 Å². The predicted octanol–water partition coefficient (Wildman–Crippen LogP) is 3.76. The van der Waals surface area contributed by atoms with Crippen molar-refractivity contribution in [3.63, 3.8) is 0 Å². The number of carboxylic acid groups (broad SMARTS) is 1. The van der Waals surface area contributed by atoms with Gasteiger partial charge in [-0.1, -0.05) is 0 Å². The summed E-state index contributed by atoms with van der Waals surface area (Å²) in [7, 11) is 0. The predicted molar refractivity (Wildman–Crippen MR) is 67.6 cm³/mol. The van der Waals surface area contributed by atoms with Crippen LogP contribution in [0, 0.1) is 12.7 Å². The molecule has 1 N–H and O–H groups in total. The fraction of sp³-hybridized carbons (Fsp3) is 0.500. The van der Waals surface area contributed by atoms with Crippen LogP contribution in [-0.4, -0.2) is 23.8 Å². The highest BCUT2D eigenvalue weighted by molar-refractivity contribution is 5.91. The molecule has 1 aromatic rings. The van der Waals surface area contributed by atoms with Crippen LogP contribution in [0.3, 0.4) is 0 Å². The van der Waals surface area contributed by atoms with E-state index in [4.69, 9.17) is 9.84 Å². The van der Waals surface area contributed by atoms with E-state index in [0.29, 0.717) is 6.07 Å². The normalized spacial score (nSPS) is 15.5. The minimum absolute atomic E-state index is 0.0509. The van der Waals surface area contributed by atoms with Gasteiger partial charge in [-0.2, -0.15) is 8.78 Å². The van der Waals surface area contributed by atoms with E-state index in [9.17, 15) is 18.0 Å². The van der Waals surface area contributed by atoms with Gasteiger partial charge in [0.1, 0.15) is 11.4 Å². The van der Waals surface area contributed by atoms with Crippen LogP contribution >= 0.6 is 0 Å². The lowest BCUT2D eigenvalue weighted by Crippen LogP contribution is -2.16. The number of benzene rings is 1. The zero-order valence-electron chi connectivity index (χ0n) is 11.4.